The van der Waals surface area contributed by atoms with E-state index in [2.05, 4.69) is 48.3 Å². The van der Waals surface area contributed by atoms with E-state index in [9.17, 15) is 4.79 Å². The smallest absolute Gasteiger partial charge is 0.327 e. The van der Waals surface area contributed by atoms with Gasteiger partial charge in [-0.1, -0.05) is 24.6 Å². The Bertz CT molecular complexity index is 445. The zero-order valence-corrected chi connectivity index (χ0v) is 13.9. The number of hydrogen-bond acceptors (Lipinski definition) is 4. The van der Waals surface area contributed by atoms with Gasteiger partial charge in [0.15, 0.2) is 0 Å². The van der Waals surface area contributed by atoms with Crippen molar-refractivity contribution in [1.82, 2.24) is 5.32 Å². The van der Waals surface area contributed by atoms with E-state index in [1.165, 1.54) is 5.56 Å². The number of carbonyl (C=O) groups excluding carboxylic acids is 1. The number of hydrogen-bond donors (Lipinski definition) is 1. The molecule has 4 nitrogen and oxygen atoms in total. The zero-order chi connectivity index (χ0) is 15.9. The Morgan fingerprint density at radius 1 is 1.29 bits per heavy atom. The molecule has 1 aromatic rings. The topological polar surface area (TPSA) is 41.6 Å². The fourth-order valence-corrected chi connectivity index (χ4v) is 2.25. The second-order valence-corrected chi connectivity index (χ2v) is 5.67. The summed E-state index contributed by atoms with van der Waals surface area (Å²) in [6.45, 7) is 9.65. The number of benzene rings is 1. The summed E-state index contributed by atoms with van der Waals surface area (Å²) in [5.74, 6) is -0.197. The van der Waals surface area contributed by atoms with E-state index in [4.69, 9.17) is 4.74 Å². The van der Waals surface area contributed by atoms with Gasteiger partial charge in [0, 0.05) is 19.3 Å². The quantitative estimate of drug-likeness (QED) is 0.748. The van der Waals surface area contributed by atoms with Gasteiger partial charge in [0.05, 0.1) is 6.61 Å². The molecular formula is C17H28N2O2. The molecule has 0 aliphatic carbocycles. The third-order valence-corrected chi connectivity index (χ3v) is 3.52. The number of likely N-dealkylation sites (N-methyl/N-ethyl adjacent to an activating group) is 1. The van der Waals surface area contributed by atoms with E-state index in [0.29, 0.717) is 13.2 Å². The lowest BCUT2D eigenvalue weighted by molar-refractivity contribution is -0.150. The van der Waals surface area contributed by atoms with Crippen LogP contribution in [0.2, 0.25) is 0 Å². The number of ether oxygens (including phenoxy) is 1. The average molecular weight is 292 g/mol. The molecule has 0 aliphatic heterocycles. The molecule has 0 saturated heterocycles. The molecule has 1 N–H and O–H groups in total. The highest BCUT2D eigenvalue weighted by molar-refractivity contribution is 5.81. The third kappa shape index (κ3) is 5.05. The minimum atomic E-state index is -0.703. The predicted molar refractivity (Wildman–Crippen MR) is 87.8 cm³/mol. The van der Waals surface area contributed by atoms with Gasteiger partial charge in [-0.05, 0) is 45.9 Å². The first-order valence-corrected chi connectivity index (χ1v) is 7.63. The largest absolute Gasteiger partial charge is 0.465 e. The van der Waals surface area contributed by atoms with Gasteiger partial charge in [0.1, 0.15) is 5.54 Å². The molecule has 21 heavy (non-hydrogen) atoms. The third-order valence-electron chi connectivity index (χ3n) is 3.52. The number of aryl methyl sites for hydroxylation is 1. The summed E-state index contributed by atoms with van der Waals surface area (Å²) in [5, 5.41) is 3.33. The van der Waals surface area contributed by atoms with Crippen molar-refractivity contribution >= 4 is 11.7 Å². The first-order valence-electron chi connectivity index (χ1n) is 7.63. The molecule has 0 amide bonds. The fraction of sp³-hybridized carbons (Fsp3) is 0.588. The molecule has 118 valence electrons. The molecule has 0 spiro atoms. The monoisotopic (exact) mass is 292 g/mol. The van der Waals surface area contributed by atoms with E-state index in [-0.39, 0.29) is 5.97 Å². The van der Waals surface area contributed by atoms with Crippen molar-refractivity contribution in [3.63, 3.8) is 0 Å². The summed E-state index contributed by atoms with van der Waals surface area (Å²) in [5.41, 5.74) is 1.62. The SMILES string of the molecule is CCCNC(C)(CN(C)c1ccc(C)cc1)C(=O)OCC. The first-order chi connectivity index (χ1) is 9.92. The zero-order valence-electron chi connectivity index (χ0n) is 13.9. The van der Waals surface area contributed by atoms with Crippen molar-refractivity contribution < 1.29 is 9.53 Å². The summed E-state index contributed by atoms with van der Waals surface area (Å²) in [6.07, 6.45) is 0.975. The van der Waals surface area contributed by atoms with Crippen LogP contribution in [0.5, 0.6) is 0 Å². The van der Waals surface area contributed by atoms with Crippen LogP contribution in [0.1, 0.15) is 32.8 Å². The Hall–Kier alpha value is -1.55. The standard InChI is InChI=1S/C17H28N2O2/c1-6-12-18-17(4,16(20)21-7-2)13-19(5)15-10-8-14(3)9-11-15/h8-11,18H,6-7,12-13H2,1-5H3. The number of esters is 1. The van der Waals surface area contributed by atoms with Gasteiger partial charge in [-0.15, -0.1) is 0 Å². The van der Waals surface area contributed by atoms with Crippen molar-refractivity contribution in [2.75, 3.05) is 31.6 Å². The molecule has 1 unspecified atom stereocenters. The summed E-state index contributed by atoms with van der Waals surface area (Å²) >= 11 is 0. The Morgan fingerprint density at radius 3 is 2.43 bits per heavy atom. The second kappa shape index (κ2) is 8.03. The highest BCUT2D eigenvalue weighted by Crippen LogP contribution is 2.17. The van der Waals surface area contributed by atoms with E-state index in [0.717, 1.165) is 18.7 Å². The minimum absolute atomic E-state index is 0.197. The van der Waals surface area contributed by atoms with Crippen molar-refractivity contribution in [3.05, 3.63) is 29.8 Å². The van der Waals surface area contributed by atoms with E-state index in [1.54, 1.807) is 0 Å². The number of nitrogens with one attached hydrogen (secondary N) is 1. The summed E-state index contributed by atoms with van der Waals surface area (Å²) in [6, 6.07) is 8.29. The lowest BCUT2D eigenvalue weighted by Gasteiger charge is -2.33. The molecule has 0 saturated carbocycles. The van der Waals surface area contributed by atoms with Crippen LogP contribution in [0, 0.1) is 6.92 Å². The Morgan fingerprint density at radius 2 is 1.90 bits per heavy atom. The molecule has 0 fully saturated rings. The molecule has 0 heterocycles. The van der Waals surface area contributed by atoms with Crippen molar-refractivity contribution in [3.8, 4) is 0 Å². The van der Waals surface area contributed by atoms with Crippen LogP contribution in [-0.4, -0.2) is 38.3 Å². The molecule has 0 aromatic heterocycles. The van der Waals surface area contributed by atoms with E-state index < -0.39 is 5.54 Å². The summed E-state index contributed by atoms with van der Waals surface area (Å²) < 4.78 is 5.23. The maximum atomic E-state index is 12.3. The Labute approximate surface area is 128 Å². The lowest BCUT2D eigenvalue weighted by Crippen LogP contribution is -2.57. The molecule has 1 rings (SSSR count). The van der Waals surface area contributed by atoms with Gasteiger partial charge < -0.3 is 15.0 Å². The highest BCUT2D eigenvalue weighted by Gasteiger charge is 2.35. The average Bonchev–Trinajstić information content (AvgIpc) is 2.46. The lowest BCUT2D eigenvalue weighted by atomic mass is 10.0. The van der Waals surface area contributed by atoms with E-state index >= 15 is 0 Å². The molecule has 0 aliphatic rings. The van der Waals surface area contributed by atoms with Crippen LogP contribution in [0.25, 0.3) is 0 Å². The van der Waals surface area contributed by atoms with Crippen molar-refractivity contribution in [2.24, 2.45) is 0 Å². The molecule has 0 bridgehead atoms. The maximum Gasteiger partial charge on any atom is 0.327 e. The Kier molecular flexibility index (Phi) is 6.69. The van der Waals surface area contributed by atoms with E-state index in [1.807, 2.05) is 20.9 Å². The summed E-state index contributed by atoms with van der Waals surface area (Å²) in [4.78, 5) is 14.4. The normalized spacial score (nSPS) is 13.6. The molecular weight excluding hydrogens is 264 g/mol. The van der Waals surface area contributed by atoms with Crippen LogP contribution in [-0.2, 0) is 9.53 Å². The molecule has 1 aromatic carbocycles. The van der Waals surface area contributed by atoms with Crippen LogP contribution in [0.4, 0.5) is 5.69 Å². The van der Waals surface area contributed by atoms with Crippen molar-refractivity contribution in [1.29, 1.82) is 0 Å². The molecule has 1 atom stereocenters. The molecule has 4 heteroatoms. The maximum absolute atomic E-state index is 12.3. The number of anilines is 1. The number of nitrogens with zero attached hydrogens (tertiary/aromatic N) is 1. The number of carbonyl (C=O) groups is 1. The van der Waals surface area contributed by atoms with Gasteiger partial charge in [-0.3, -0.25) is 0 Å². The fourth-order valence-electron chi connectivity index (χ4n) is 2.25. The van der Waals surface area contributed by atoms with Gasteiger partial charge in [0.2, 0.25) is 0 Å². The highest BCUT2D eigenvalue weighted by atomic mass is 16.5. The van der Waals surface area contributed by atoms with Crippen LogP contribution >= 0.6 is 0 Å². The van der Waals surface area contributed by atoms with Gasteiger partial charge in [0.25, 0.3) is 0 Å². The van der Waals surface area contributed by atoms with Crippen LogP contribution in [0.3, 0.4) is 0 Å². The van der Waals surface area contributed by atoms with Gasteiger partial charge >= 0.3 is 5.97 Å². The van der Waals surface area contributed by atoms with Crippen LogP contribution < -0.4 is 10.2 Å². The molecule has 0 radical (unpaired) electrons. The number of rotatable bonds is 8. The minimum Gasteiger partial charge on any atom is -0.465 e. The second-order valence-electron chi connectivity index (χ2n) is 5.67. The Balaban J connectivity index is 2.84. The first kappa shape index (κ1) is 17.5. The van der Waals surface area contributed by atoms with Gasteiger partial charge in [-0.2, -0.15) is 0 Å². The van der Waals surface area contributed by atoms with Gasteiger partial charge in [-0.25, -0.2) is 4.79 Å². The summed E-state index contributed by atoms with van der Waals surface area (Å²) in [7, 11) is 2.00. The van der Waals surface area contributed by atoms with Crippen molar-refractivity contribution in [2.45, 2.75) is 39.7 Å². The predicted octanol–water partition coefficient (Wildman–Crippen LogP) is 2.75. The van der Waals surface area contributed by atoms with Crippen LogP contribution in [0.15, 0.2) is 24.3 Å².